The number of furan rings is 1. The number of morpholine rings is 1. The Morgan fingerprint density at radius 2 is 2.08 bits per heavy atom. The molecule has 4 rings (SSSR count). The first kappa shape index (κ1) is 16.8. The van der Waals surface area contributed by atoms with Gasteiger partial charge in [-0.05, 0) is 44.5 Å². The average molecular weight is 346 g/mol. The van der Waals surface area contributed by atoms with Crippen LogP contribution in [0.5, 0.6) is 0 Å². The zero-order valence-electron chi connectivity index (χ0n) is 14.6. The largest absolute Gasteiger partial charge is 0.461 e. The molecular formula is C18H26N4O3. The SMILES string of the molecule is c1coc(-c2noc(CN3CCCCC3CCN3CCOCC3)n2)c1. The first-order chi connectivity index (χ1) is 12.4. The third kappa shape index (κ3) is 4.29. The van der Waals surface area contributed by atoms with E-state index in [4.69, 9.17) is 13.7 Å². The molecule has 0 spiro atoms. The van der Waals surface area contributed by atoms with Gasteiger partial charge < -0.3 is 13.7 Å². The van der Waals surface area contributed by atoms with Crippen LogP contribution in [-0.4, -0.2) is 65.4 Å². The Bertz CT molecular complexity index is 637. The molecule has 2 saturated heterocycles. The van der Waals surface area contributed by atoms with Gasteiger partial charge in [0.05, 0.1) is 26.0 Å². The van der Waals surface area contributed by atoms with Gasteiger partial charge in [0, 0.05) is 19.1 Å². The van der Waals surface area contributed by atoms with E-state index >= 15 is 0 Å². The second-order valence-electron chi connectivity index (χ2n) is 6.85. The Kier molecular flexibility index (Phi) is 5.44. The molecule has 7 heteroatoms. The van der Waals surface area contributed by atoms with Crippen molar-refractivity contribution in [3.8, 4) is 11.6 Å². The van der Waals surface area contributed by atoms with Crippen molar-refractivity contribution in [2.45, 2.75) is 38.3 Å². The molecule has 2 fully saturated rings. The molecule has 0 saturated carbocycles. The first-order valence-corrected chi connectivity index (χ1v) is 9.29. The lowest BCUT2D eigenvalue weighted by Gasteiger charge is -2.36. The molecule has 136 valence electrons. The summed E-state index contributed by atoms with van der Waals surface area (Å²) in [6.45, 7) is 6.82. The standard InChI is InChI=1S/C18H26N4O3/c1-2-7-22(15(4-1)6-8-21-9-12-23-13-10-21)14-17-19-18(20-25-17)16-5-3-11-24-16/h3,5,11,15H,1-2,4,6-10,12-14H2. The van der Waals surface area contributed by atoms with Crippen molar-refractivity contribution in [1.82, 2.24) is 19.9 Å². The Morgan fingerprint density at radius 3 is 2.92 bits per heavy atom. The van der Waals surface area contributed by atoms with Crippen LogP contribution < -0.4 is 0 Å². The summed E-state index contributed by atoms with van der Waals surface area (Å²) in [5.74, 6) is 1.85. The molecule has 2 aliphatic rings. The fraction of sp³-hybridized carbons (Fsp3) is 0.667. The summed E-state index contributed by atoms with van der Waals surface area (Å²) in [6.07, 6.45) is 6.62. The molecule has 7 nitrogen and oxygen atoms in total. The smallest absolute Gasteiger partial charge is 0.241 e. The lowest BCUT2D eigenvalue weighted by molar-refractivity contribution is 0.0294. The van der Waals surface area contributed by atoms with Gasteiger partial charge in [0.25, 0.3) is 0 Å². The molecule has 0 aliphatic carbocycles. The highest BCUT2D eigenvalue weighted by molar-refractivity contribution is 5.44. The summed E-state index contributed by atoms with van der Waals surface area (Å²) in [5, 5.41) is 4.04. The van der Waals surface area contributed by atoms with E-state index in [9.17, 15) is 0 Å². The van der Waals surface area contributed by atoms with Crippen molar-refractivity contribution in [3.63, 3.8) is 0 Å². The Hall–Kier alpha value is -1.70. The van der Waals surface area contributed by atoms with Crippen LogP contribution in [0.4, 0.5) is 0 Å². The normalized spacial score (nSPS) is 23.1. The minimum Gasteiger partial charge on any atom is -0.461 e. The van der Waals surface area contributed by atoms with E-state index in [1.54, 1.807) is 6.26 Å². The van der Waals surface area contributed by atoms with Gasteiger partial charge in [-0.2, -0.15) is 4.98 Å². The summed E-state index contributed by atoms with van der Waals surface area (Å²) >= 11 is 0. The lowest BCUT2D eigenvalue weighted by atomic mass is 9.99. The van der Waals surface area contributed by atoms with Crippen LogP contribution in [0.25, 0.3) is 11.6 Å². The fourth-order valence-corrected chi connectivity index (χ4v) is 3.75. The van der Waals surface area contributed by atoms with E-state index in [-0.39, 0.29) is 0 Å². The molecule has 0 aromatic carbocycles. The Balaban J connectivity index is 1.34. The molecule has 0 amide bonds. The van der Waals surface area contributed by atoms with Crippen molar-refractivity contribution >= 4 is 0 Å². The van der Waals surface area contributed by atoms with Crippen molar-refractivity contribution in [1.29, 1.82) is 0 Å². The molecule has 2 aromatic rings. The van der Waals surface area contributed by atoms with Gasteiger partial charge in [-0.15, -0.1) is 0 Å². The number of nitrogens with zero attached hydrogens (tertiary/aromatic N) is 4. The second-order valence-corrected chi connectivity index (χ2v) is 6.85. The van der Waals surface area contributed by atoms with Crippen molar-refractivity contribution in [2.75, 3.05) is 39.4 Å². The summed E-state index contributed by atoms with van der Waals surface area (Å²) in [6, 6.07) is 4.27. The van der Waals surface area contributed by atoms with Gasteiger partial charge in [0.2, 0.25) is 11.7 Å². The van der Waals surface area contributed by atoms with Gasteiger partial charge in [-0.3, -0.25) is 9.80 Å². The fourth-order valence-electron chi connectivity index (χ4n) is 3.75. The van der Waals surface area contributed by atoms with Gasteiger partial charge in [-0.25, -0.2) is 0 Å². The zero-order chi connectivity index (χ0) is 16.9. The van der Waals surface area contributed by atoms with Crippen molar-refractivity contribution in [2.24, 2.45) is 0 Å². The van der Waals surface area contributed by atoms with Crippen LogP contribution in [0, 0.1) is 0 Å². The zero-order valence-corrected chi connectivity index (χ0v) is 14.6. The van der Waals surface area contributed by atoms with Crippen LogP contribution in [0.15, 0.2) is 27.3 Å². The topological polar surface area (TPSA) is 67.8 Å². The number of likely N-dealkylation sites (tertiary alicyclic amines) is 1. The van der Waals surface area contributed by atoms with Gasteiger partial charge in [0.1, 0.15) is 0 Å². The predicted octanol–water partition coefficient (Wildman–Crippen LogP) is 2.41. The van der Waals surface area contributed by atoms with E-state index in [2.05, 4.69) is 19.9 Å². The van der Waals surface area contributed by atoms with Crippen LogP contribution in [0.3, 0.4) is 0 Å². The molecule has 0 bridgehead atoms. The van der Waals surface area contributed by atoms with Crippen molar-refractivity contribution < 1.29 is 13.7 Å². The van der Waals surface area contributed by atoms with Crippen LogP contribution in [0.2, 0.25) is 0 Å². The Morgan fingerprint density at radius 1 is 1.16 bits per heavy atom. The number of aromatic nitrogens is 2. The summed E-state index contributed by atoms with van der Waals surface area (Å²) in [4.78, 5) is 9.51. The van der Waals surface area contributed by atoms with Crippen LogP contribution in [-0.2, 0) is 11.3 Å². The molecule has 1 atom stereocenters. The molecule has 0 radical (unpaired) electrons. The molecular weight excluding hydrogens is 320 g/mol. The number of rotatable bonds is 6. The number of hydrogen-bond acceptors (Lipinski definition) is 7. The predicted molar refractivity (Wildman–Crippen MR) is 91.9 cm³/mol. The van der Waals surface area contributed by atoms with E-state index in [1.165, 1.54) is 25.7 Å². The highest BCUT2D eigenvalue weighted by atomic mass is 16.5. The number of ether oxygens (including phenoxy) is 1. The highest BCUT2D eigenvalue weighted by Gasteiger charge is 2.25. The third-order valence-electron chi connectivity index (χ3n) is 5.18. The van der Waals surface area contributed by atoms with E-state index in [1.807, 2.05) is 12.1 Å². The molecule has 2 aromatic heterocycles. The van der Waals surface area contributed by atoms with Gasteiger partial charge in [0.15, 0.2) is 5.76 Å². The lowest BCUT2D eigenvalue weighted by Crippen LogP contribution is -2.43. The summed E-state index contributed by atoms with van der Waals surface area (Å²) in [7, 11) is 0. The Labute approximate surface area is 147 Å². The van der Waals surface area contributed by atoms with Crippen LogP contribution >= 0.6 is 0 Å². The molecule has 2 aliphatic heterocycles. The molecule has 1 unspecified atom stereocenters. The quantitative estimate of drug-likeness (QED) is 0.795. The maximum absolute atomic E-state index is 5.44. The first-order valence-electron chi connectivity index (χ1n) is 9.29. The third-order valence-corrected chi connectivity index (χ3v) is 5.18. The average Bonchev–Trinajstić information content (AvgIpc) is 3.33. The van der Waals surface area contributed by atoms with E-state index in [0.29, 0.717) is 23.5 Å². The molecule has 4 heterocycles. The second kappa shape index (κ2) is 8.12. The van der Waals surface area contributed by atoms with Gasteiger partial charge in [-0.1, -0.05) is 11.6 Å². The monoisotopic (exact) mass is 346 g/mol. The van der Waals surface area contributed by atoms with Crippen LogP contribution in [0.1, 0.15) is 31.6 Å². The summed E-state index contributed by atoms with van der Waals surface area (Å²) < 4.78 is 16.2. The van der Waals surface area contributed by atoms with E-state index in [0.717, 1.165) is 45.9 Å². The highest BCUT2D eigenvalue weighted by Crippen LogP contribution is 2.23. The molecule has 25 heavy (non-hydrogen) atoms. The maximum Gasteiger partial charge on any atom is 0.241 e. The minimum atomic E-state index is 0.530. The molecule has 0 N–H and O–H groups in total. The minimum absolute atomic E-state index is 0.530. The van der Waals surface area contributed by atoms with E-state index < -0.39 is 0 Å². The summed E-state index contributed by atoms with van der Waals surface area (Å²) in [5.41, 5.74) is 0. The maximum atomic E-state index is 5.44. The van der Waals surface area contributed by atoms with Gasteiger partial charge >= 0.3 is 0 Å². The number of hydrogen-bond donors (Lipinski definition) is 0. The van der Waals surface area contributed by atoms with Crippen molar-refractivity contribution in [3.05, 3.63) is 24.3 Å². The number of piperidine rings is 1.